The second kappa shape index (κ2) is 11.0. The van der Waals surface area contributed by atoms with E-state index in [-0.39, 0.29) is 30.8 Å². The van der Waals surface area contributed by atoms with Gasteiger partial charge in [-0.3, -0.25) is 9.59 Å². The summed E-state index contributed by atoms with van der Waals surface area (Å²) in [7, 11) is 0. The van der Waals surface area contributed by atoms with Crippen LogP contribution in [0.5, 0.6) is 0 Å². The molecule has 2 rings (SSSR count). The van der Waals surface area contributed by atoms with E-state index in [0.717, 1.165) is 19.3 Å². The van der Waals surface area contributed by atoms with Gasteiger partial charge in [0.15, 0.2) is 0 Å². The van der Waals surface area contributed by atoms with E-state index >= 15 is 0 Å². The Morgan fingerprint density at radius 3 is 2.30 bits per heavy atom. The van der Waals surface area contributed by atoms with Crippen molar-refractivity contribution < 1.29 is 19.1 Å². The Hall–Kier alpha value is -2.57. The summed E-state index contributed by atoms with van der Waals surface area (Å²) in [4.78, 5) is 38.0. The molecule has 2 N–H and O–H groups in total. The van der Waals surface area contributed by atoms with Gasteiger partial charge in [0.25, 0.3) is 0 Å². The van der Waals surface area contributed by atoms with Gasteiger partial charge in [0.1, 0.15) is 5.60 Å². The molecule has 30 heavy (non-hydrogen) atoms. The lowest BCUT2D eigenvalue weighted by Crippen LogP contribution is -2.47. The van der Waals surface area contributed by atoms with Crippen molar-refractivity contribution in [2.75, 3.05) is 19.6 Å². The molecule has 1 fully saturated rings. The van der Waals surface area contributed by atoms with Crippen molar-refractivity contribution in [1.82, 2.24) is 15.5 Å². The largest absolute Gasteiger partial charge is 0.444 e. The van der Waals surface area contributed by atoms with Crippen LogP contribution < -0.4 is 10.6 Å². The number of nitrogens with zero attached hydrogens (tertiary/aromatic N) is 1. The van der Waals surface area contributed by atoms with Crippen molar-refractivity contribution in [2.24, 2.45) is 0 Å². The second-order valence-corrected chi connectivity index (χ2v) is 8.89. The lowest BCUT2D eigenvalue weighted by molar-refractivity contribution is -0.132. The molecule has 0 aliphatic carbocycles. The summed E-state index contributed by atoms with van der Waals surface area (Å²) >= 11 is 0. The third-order valence-corrected chi connectivity index (χ3v) is 4.98. The molecule has 1 aromatic carbocycles. The molecule has 0 unspecified atom stereocenters. The van der Waals surface area contributed by atoms with E-state index in [1.165, 1.54) is 11.1 Å². The van der Waals surface area contributed by atoms with Crippen LogP contribution in [0.25, 0.3) is 0 Å². The van der Waals surface area contributed by atoms with Gasteiger partial charge in [-0.05, 0) is 52.5 Å². The Labute approximate surface area is 179 Å². The van der Waals surface area contributed by atoms with Gasteiger partial charge in [-0.15, -0.1) is 0 Å². The molecule has 1 heterocycles. The normalized spacial score (nSPS) is 14.9. The highest BCUT2D eigenvalue weighted by molar-refractivity contribution is 5.78. The molecule has 0 saturated carbocycles. The molecule has 166 valence electrons. The maximum Gasteiger partial charge on any atom is 0.407 e. The van der Waals surface area contributed by atoms with Gasteiger partial charge in [0.2, 0.25) is 11.8 Å². The van der Waals surface area contributed by atoms with E-state index in [0.29, 0.717) is 19.5 Å². The molecule has 7 heteroatoms. The molecular weight excluding hydrogens is 382 g/mol. The number of benzene rings is 1. The number of alkyl carbamates (subject to hydrolysis) is 1. The highest BCUT2D eigenvalue weighted by atomic mass is 16.6. The number of rotatable bonds is 7. The first kappa shape index (κ1) is 23.7. The van der Waals surface area contributed by atoms with Gasteiger partial charge < -0.3 is 20.3 Å². The summed E-state index contributed by atoms with van der Waals surface area (Å²) in [5.74, 6) is 0.0668. The molecule has 0 spiro atoms. The lowest BCUT2D eigenvalue weighted by Gasteiger charge is -2.32. The molecule has 7 nitrogen and oxygen atoms in total. The Kier molecular flexibility index (Phi) is 8.69. The van der Waals surface area contributed by atoms with Gasteiger partial charge in [-0.1, -0.05) is 29.8 Å². The molecule has 0 bridgehead atoms. The van der Waals surface area contributed by atoms with Crippen LogP contribution in [0, 0.1) is 6.92 Å². The van der Waals surface area contributed by atoms with Crippen LogP contribution >= 0.6 is 0 Å². The van der Waals surface area contributed by atoms with E-state index in [1.54, 1.807) is 20.8 Å². The zero-order chi connectivity index (χ0) is 22.1. The minimum absolute atomic E-state index is 0.0696. The van der Waals surface area contributed by atoms with Crippen molar-refractivity contribution in [1.29, 1.82) is 0 Å². The van der Waals surface area contributed by atoms with Crippen molar-refractivity contribution in [3.63, 3.8) is 0 Å². The summed E-state index contributed by atoms with van der Waals surface area (Å²) < 4.78 is 5.14. The number of hydrogen-bond acceptors (Lipinski definition) is 4. The standard InChI is InChI=1S/C23H35N3O4/c1-17-5-7-18(8-6-17)9-10-21(28)26-15-12-19(13-16-26)25-20(27)11-14-24-22(29)30-23(2,3)4/h5-8,19H,9-16H2,1-4H3,(H,24,29)(H,25,27). The number of piperidine rings is 1. The van der Waals surface area contributed by atoms with Crippen LogP contribution in [0.1, 0.15) is 57.6 Å². The first-order chi connectivity index (χ1) is 14.1. The smallest absolute Gasteiger partial charge is 0.407 e. The van der Waals surface area contributed by atoms with Gasteiger partial charge >= 0.3 is 6.09 Å². The van der Waals surface area contributed by atoms with E-state index in [9.17, 15) is 14.4 Å². The zero-order valence-electron chi connectivity index (χ0n) is 18.6. The average Bonchev–Trinajstić information content (AvgIpc) is 2.66. The van der Waals surface area contributed by atoms with E-state index in [1.807, 2.05) is 4.90 Å². The van der Waals surface area contributed by atoms with E-state index < -0.39 is 11.7 Å². The SMILES string of the molecule is Cc1ccc(CCC(=O)N2CCC(NC(=O)CCNC(=O)OC(C)(C)C)CC2)cc1. The Morgan fingerprint density at radius 2 is 1.70 bits per heavy atom. The molecule has 1 aliphatic heterocycles. The third kappa shape index (κ3) is 8.84. The number of hydrogen-bond donors (Lipinski definition) is 2. The lowest BCUT2D eigenvalue weighted by atomic mass is 10.0. The molecule has 0 aromatic heterocycles. The van der Waals surface area contributed by atoms with Gasteiger partial charge in [-0.2, -0.15) is 0 Å². The highest BCUT2D eigenvalue weighted by Gasteiger charge is 2.23. The Morgan fingerprint density at radius 1 is 1.07 bits per heavy atom. The van der Waals surface area contributed by atoms with Crippen LogP contribution in [0.15, 0.2) is 24.3 Å². The number of nitrogens with one attached hydrogen (secondary N) is 2. The summed E-state index contributed by atoms with van der Waals surface area (Å²) in [6.07, 6.45) is 2.45. The number of likely N-dealkylation sites (tertiary alicyclic amines) is 1. The molecule has 3 amide bonds. The van der Waals surface area contributed by atoms with E-state index in [2.05, 4.69) is 41.8 Å². The van der Waals surface area contributed by atoms with Gasteiger partial charge in [-0.25, -0.2) is 4.79 Å². The quantitative estimate of drug-likeness (QED) is 0.714. The fourth-order valence-electron chi connectivity index (χ4n) is 3.33. The minimum Gasteiger partial charge on any atom is -0.444 e. The molecule has 0 radical (unpaired) electrons. The van der Waals surface area contributed by atoms with Crippen molar-refractivity contribution >= 4 is 17.9 Å². The summed E-state index contributed by atoms with van der Waals surface area (Å²) in [6, 6.07) is 8.35. The highest BCUT2D eigenvalue weighted by Crippen LogP contribution is 2.14. The number of carbonyl (C=O) groups excluding carboxylic acids is 3. The number of aryl methyl sites for hydroxylation is 2. The van der Waals surface area contributed by atoms with Crippen LogP contribution in [0.4, 0.5) is 4.79 Å². The topological polar surface area (TPSA) is 87.7 Å². The van der Waals surface area contributed by atoms with Crippen LogP contribution in [-0.2, 0) is 20.7 Å². The first-order valence-electron chi connectivity index (χ1n) is 10.7. The average molecular weight is 418 g/mol. The summed E-state index contributed by atoms with van der Waals surface area (Å²) in [6.45, 7) is 8.98. The Balaban J connectivity index is 1.61. The van der Waals surface area contributed by atoms with Gasteiger partial charge in [0, 0.05) is 38.5 Å². The maximum atomic E-state index is 12.5. The number of ether oxygens (including phenoxy) is 1. The van der Waals surface area contributed by atoms with Crippen LogP contribution in [0.3, 0.4) is 0 Å². The molecular formula is C23H35N3O4. The number of amides is 3. The predicted molar refractivity (Wildman–Crippen MR) is 116 cm³/mol. The second-order valence-electron chi connectivity index (χ2n) is 8.89. The predicted octanol–water partition coefficient (Wildman–Crippen LogP) is 2.95. The molecule has 1 saturated heterocycles. The molecule has 1 aromatic rings. The third-order valence-electron chi connectivity index (χ3n) is 4.98. The minimum atomic E-state index is -0.558. The van der Waals surface area contributed by atoms with E-state index in [4.69, 9.17) is 4.74 Å². The number of carbonyl (C=O) groups is 3. The van der Waals surface area contributed by atoms with Crippen LogP contribution in [-0.4, -0.2) is 54.1 Å². The van der Waals surface area contributed by atoms with Crippen LogP contribution in [0.2, 0.25) is 0 Å². The van der Waals surface area contributed by atoms with Crippen molar-refractivity contribution in [3.8, 4) is 0 Å². The van der Waals surface area contributed by atoms with Crippen molar-refractivity contribution in [3.05, 3.63) is 35.4 Å². The zero-order valence-corrected chi connectivity index (χ0v) is 18.6. The molecule has 1 aliphatic rings. The fraction of sp³-hybridized carbons (Fsp3) is 0.609. The summed E-state index contributed by atoms with van der Waals surface area (Å²) in [5.41, 5.74) is 1.84. The molecule has 0 atom stereocenters. The fourth-order valence-corrected chi connectivity index (χ4v) is 3.33. The Bertz CT molecular complexity index is 717. The monoisotopic (exact) mass is 417 g/mol. The van der Waals surface area contributed by atoms with Crippen molar-refractivity contribution in [2.45, 2.75) is 71.4 Å². The van der Waals surface area contributed by atoms with Gasteiger partial charge in [0.05, 0.1) is 0 Å². The maximum absolute atomic E-state index is 12.5. The first-order valence-corrected chi connectivity index (χ1v) is 10.7. The summed E-state index contributed by atoms with van der Waals surface area (Å²) in [5, 5.41) is 5.58.